The van der Waals surface area contributed by atoms with Crippen LogP contribution in [0.1, 0.15) is 46.5 Å². The molecule has 0 aliphatic heterocycles. The summed E-state index contributed by atoms with van der Waals surface area (Å²) in [6.45, 7) is 6.20. The third kappa shape index (κ3) is 8.67. The van der Waals surface area contributed by atoms with Crippen molar-refractivity contribution < 1.29 is 23.1 Å². The molecular formula is C14H24NO5P. The summed E-state index contributed by atoms with van der Waals surface area (Å²) < 4.78 is 27.8. The molecule has 7 heteroatoms. The van der Waals surface area contributed by atoms with E-state index in [2.05, 4.69) is 0 Å². The Balaban J connectivity index is 5.02. The molecule has 0 aromatic rings. The molecule has 0 atom stereocenters. The van der Waals surface area contributed by atoms with E-state index in [-0.39, 0.29) is 25.4 Å². The predicted molar refractivity (Wildman–Crippen MR) is 79.7 cm³/mol. The third-order valence-corrected chi connectivity index (χ3v) is 4.10. The summed E-state index contributed by atoms with van der Waals surface area (Å²) in [5.74, 6) is 0.148. The molecular weight excluding hydrogens is 293 g/mol. The number of hydrogen-bond acceptors (Lipinski definition) is 6. The van der Waals surface area contributed by atoms with Gasteiger partial charge in [-0.2, -0.15) is 5.26 Å². The maximum absolute atomic E-state index is 12.6. The SMILES string of the molecule is CCCCOP(=O)(/C=C(\C#N)C(=O)OCC)OCCCC. The quantitative estimate of drug-likeness (QED) is 0.189. The minimum atomic E-state index is -3.61. The van der Waals surface area contributed by atoms with E-state index in [1.165, 1.54) is 0 Å². The van der Waals surface area contributed by atoms with Crippen molar-refractivity contribution >= 4 is 13.6 Å². The van der Waals surface area contributed by atoms with E-state index in [4.69, 9.17) is 19.0 Å². The van der Waals surface area contributed by atoms with Gasteiger partial charge in [-0.05, 0) is 19.8 Å². The predicted octanol–water partition coefficient (Wildman–Crippen LogP) is 3.78. The third-order valence-electron chi connectivity index (χ3n) is 2.44. The Morgan fingerprint density at radius 3 is 2.05 bits per heavy atom. The van der Waals surface area contributed by atoms with Gasteiger partial charge in [0.15, 0.2) is 0 Å². The molecule has 0 aromatic heterocycles. The van der Waals surface area contributed by atoms with Crippen LogP contribution >= 0.6 is 7.60 Å². The Hall–Kier alpha value is -1.15. The second-order valence-electron chi connectivity index (χ2n) is 4.29. The fourth-order valence-electron chi connectivity index (χ4n) is 1.28. The highest BCUT2D eigenvalue weighted by molar-refractivity contribution is 7.57. The van der Waals surface area contributed by atoms with Crippen molar-refractivity contribution in [1.29, 1.82) is 5.26 Å². The van der Waals surface area contributed by atoms with Gasteiger partial charge in [0.25, 0.3) is 0 Å². The lowest BCUT2D eigenvalue weighted by atomic mass is 10.3. The summed E-state index contributed by atoms with van der Waals surface area (Å²) in [6, 6.07) is 1.68. The van der Waals surface area contributed by atoms with Gasteiger partial charge in [0.1, 0.15) is 11.6 Å². The number of hydrogen-bond donors (Lipinski definition) is 0. The molecule has 0 saturated carbocycles. The van der Waals surface area contributed by atoms with Crippen LogP contribution in [-0.4, -0.2) is 25.8 Å². The molecule has 0 heterocycles. The Morgan fingerprint density at radius 2 is 1.67 bits per heavy atom. The van der Waals surface area contributed by atoms with Crippen molar-refractivity contribution in [2.45, 2.75) is 46.5 Å². The number of nitrogens with zero attached hydrogens (tertiary/aromatic N) is 1. The minimum absolute atomic E-state index is 0.134. The smallest absolute Gasteiger partial charge is 0.355 e. The van der Waals surface area contributed by atoms with Crippen LogP contribution in [0.25, 0.3) is 0 Å². The molecule has 0 bridgehead atoms. The number of carbonyl (C=O) groups is 1. The maximum atomic E-state index is 12.6. The topological polar surface area (TPSA) is 85.6 Å². The molecule has 0 fully saturated rings. The van der Waals surface area contributed by atoms with Crippen LogP contribution in [0.5, 0.6) is 0 Å². The van der Waals surface area contributed by atoms with E-state index >= 15 is 0 Å². The van der Waals surface area contributed by atoms with Gasteiger partial charge < -0.3 is 13.8 Å². The molecule has 0 rings (SSSR count). The fourth-order valence-corrected chi connectivity index (χ4v) is 2.75. The molecule has 120 valence electrons. The van der Waals surface area contributed by atoms with Crippen molar-refractivity contribution in [3.05, 3.63) is 11.4 Å². The summed E-state index contributed by atoms with van der Waals surface area (Å²) in [4.78, 5) is 11.6. The Kier molecular flexibility index (Phi) is 10.9. The standard InChI is InChI=1S/C14H24NO5P/c1-4-7-9-19-21(17,20-10-8-5-2)12-13(11-15)14(16)18-6-3/h12H,4-10H2,1-3H3/b13-12+. The Bertz CT molecular complexity index is 414. The number of ether oxygens (including phenoxy) is 1. The first-order valence-corrected chi connectivity index (χ1v) is 8.83. The zero-order valence-corrected chi connectivity index (χ0v) is 13.9. The van der Waals surface area contributed by atoms with Crippen molar-refractivity contribution in [3.8, 4) is 6.07 Å². The van der Waals surface area contributed by atoms with Crippen molar-refractivity contribution in [2.24, 2.45) is 0 Å². The molecule has 0 spiro atoms. The van der Waals surface area contributed by atoms with Crippen molar-refractivity contribution in [3.63, 3.8) is 0 Å². The molecule has 0 aliphatic rings. The molecule has 21 heavy (non-hydrogen) atoms. The number of unbranched alkanes of at least 4 members (excludes halogenated alkanes) is 2. The van der Waals surface area contributed by atoms with Crippen LogP contribution < -0.4 is 0 Å². The van der Waals surface area contributed by atoms with E-state index in [0.717, 1.165) is 31.5 Å². The van der Waals surface area contributed by atoms with Gasteiger partial charge in [-0.15, -0.1) is 0 Å². The zero-order valence-electron chi connectivity index (χ0n) is 13.0. The van der Waals surface area contributed by atoms with E-state index in [1.807, 2.05) is 13.8 Å². The number of nitriles is 1. The molecule has 0 amide bonds. The average molecular weight is 317 g/mol. The van der Waals surface area contributed by atoms with E-state index in [9.17, 15) is 9.36 Å². The van der Waals surface area contributed by atoms with Crippen LogP contribution in [0, 0.1) is 11.3 Å². The van der Waals surface area contributed by atoms with Crippen molar-refractivity contribution in [1.82, 2.24) is 0 Å². The first-order valence-electron chi connectivity index (χ1n) is 7.21. The highest BCUT2D eigenvalue weighted by atomic mass is 31.2. The molecule has 6 nitrogen and oxygen atoms in total. The van der Waals surface area contributed by atoms with Gasteiger partial charge >= 0.3 is 13.6 Å². The molecule has 0 radical (unpaired) electrons. The van der Waals surface area contributed by atoms with Crippen LogP contribution in [-0.2, 0) is 23.1 Å². The lowest BCUT2D eigenvalue weighted by molar-refractivity contribution is -0.138. The normalized spacial score (nSPS) is 12.0. The number of esters is 1. The monoisotopic (exact) mass is 317 g/mol. The van der Waals surface area contributed by atoms with E-state index < -0.39 is 13.6 Å². The van der Waals surface area contributed by atoms with Crippen LogP contribution in [0.2, 0.25) is 0 Å². The van der Waals surface area contributed by atoms with Gasteiger partial charge in [0, 0.05) is 0 Å². The molecule has 0 N–H and O–H groups in total. The average Bonchev–Trinajstić information content (AvgIpc) is 2.46. The minimum Gasteiger partial charge on any atom is -0.462 e. The van der Waals surface area contributed by atoms with Gasteiger partial charge in [-0.1, -0.05) is 26.7 Å². The molecule has 0 saturated heterocycles. The first kappa shape index (κ1) is 19.9. The second-order valence-corrected chi connectivity index (χ2v) is 6.14. The van der Waals surface area contributed by atoms with E-state index in [1.54, 1.807) is 13.0 Å². The number of rotatable bonds is 11. The van der Waals surface area contributed by atoms with Gasteiger partial charge in [0.05, 0.1) is 25.6 Å². The molecule has 0 aliphatic carbocycles. The number of carbonyl (C=O) groups excluding carboxylic acids is 1. The van der Waals surface area contributed by atoms with Crippen LogP contribution in [0.4, 0.5) is 0 Å². The summed E-state index contributed by atoms with van der Waals surface area (Å²) in [5, 5.41) is 8.98. The Labute approximate surface area is 126 Å². The zero-order chi connectivity index (χ0) is 16.1. The largest absolute Gasteiger partial charge is 0.462 e. The van der Waals surface area contributed by atoms with Crippen LogP contribution in [0.15, 0.2) is 11.4 Å². The van der Waals surface area contributed by atoms with Gasteiger partial charge in [0.2, 0.25) is 0 Å². The van der Waals surface area contributed by atoms with Crippen LogP contribution in [0.3, 0.4) is 0 Å². The summed E-state index contributed by atoms with van der Waals surface area (Å²) >= 11 is 0. The molecule has 0 aromatic carbocycles. The summed E-state index contributed by atoms with van der Waals surface area (Å²) in [6.07, 6.45) is 3.19. The highest BCUT2D eigenvalue weighted by Crippen LogP contribution is 2.51. The summed E-state index contributed by atoms with van der Waals surface area (Å²) in [5.41, 5.74) is -0.354. The van der Waals surface area contributed by atoms with Gasteiger partial charge in [-0.25, -0.2) is 4.79 Å². The lowest BCUT2D eigenvalue weighted by Gasteiger charge is -2.15. The maximum Gasteiger partial charge on any atom is 0.355 e. The fraction of sp³-hybridized carbons (Fsp3) is 0.714. The lowest BCUT2D eigenvalue weighted by Crippen LogP contribution is -2.07. The molecule has 0 unspecified atom stereocenters. The van der Waals surface area contributed by atoms with E-state index in [0.29, 0.717) is 0 Å². The van der Waals surface area contributed by atoms with Crippen molar-refractivity contribution in [2.75, 3.05) is 19.8 Å². The Morgan fingerprint density at radius 1 is 1.14 bits per heavy atom. The van der Waals surface area contributed by atoms with Gasteiger partial charge in [-0.3, -0.25) is 4.57 Å². The highest BCUT2D eigenvalue weighted by Gasteiger charge is 2.25. The first-order chi connectivity index (χ1) is 10.0. The summed E-state index contributed by atoms with van der Waals surface area (Å²) in [7, 11) is -3.61. The second kappa shape index (κ2) is 11.5.